The molecule has 0 heteroatoms. The van der Waals surface area contributed by atoms with E-state index in [2.05, 4.69) is 6.58 Å². The molecule has 0 saturated heterocycles. The van der Waals surface area contributed by atoms with Crippen LogP contribution in [0.1, 0.15) is 38.5 Å². The summed E-state index contributed by atoms with van der Waals surface area (Å²) in [6.45, 7) is 4.34. The van der Waals surface area contributed by atoms with Gasteiger partial charge in [-0.05, 0) is 55.8 Å². The average molecular weight is 162 g/mol. The molecule has 4 bridgehead atoms. The van der Waals surface area contributed by atoms with Crippen molar-refractivity contribution in [2.75, 3.05) is 0 Å². The topological polar surface area (TPSA) is 0 Å². The number of rotatable bonds is 0. The monoisotopic (exact) mass is 162 g/mol. The Morgan fingerprint density at radius 2 is 1.50 bits per heavy atom. The highest BCUT2D eigenvalue weighted by molar-refractivity contribution is 5.17. The molecule has 0 nitrogen and oxygen atoms in total. The molecule has 12 heavy (non-hydrogen) atoms. The third-order valence-electron chi connectivity index (χ3n) is 4.63. The standard InChI is InChI=1S/C12H18/c1-8-11-3-2-4-12(8)10-6-5-9(11)7-10/h9-12H,1-7H2. The Kier molecular flexibility index (Phi) is 1.42. The number of hydrogen-bond donors (Lipinski definition) is 0. The van der Waals surface area contributed by atoms with E-state index >= 15 is 0 Å². The van der Waals surface area contributed by atoms with Crippen molar-refractivity contribution in [3.05, 3.63) is 12.2 Å². The fraction of sp³-hybridized carbons (Fsp3) is 0.833. The lowest BCUT2D eigenvalue weighted by atomic mass is 9.63. The van der Waals surface area contributed by atoms with Gasteiger partial charge in [0.1, 0.15) is 0 Å². The van der Waals surface area contributed by atoms with Gasteiger partial charge in [0, 0.05) is 0 Å². The predicted octanol–water partition coefficient (Wildman–Crippen LogP) is 3.39. The van der Waals surface area contributed by atoms with E-state index in [9.17, 15) is 0 Å². The van der Waals surface area contributed by atoms with Crippen LogP contribution in [0.25, 0.3) is 0 Å². The summed E-state index contributed by atoms with van der Waals surface area (Å²) in [5, 5.41) is 0. The molecule has 3 rings (SSSR count). The van der Waals surface area contributed by atoms with E-state index in [0.29, 0.717) is 0 Å². The first-order valence-electron chi connectivity index (χ1n) is 5.55. The van der Waals surface area contributed by atoms with Crippen molar-refractivity contribution in [1.29, 1.82) is 0 Å². The molecule has 3 fully saturated rings. The minimum Gasteiger partial charge on any atom is -0.0993 e. The molecule has 4 atom stereocenters. The summed E-state index contributed by atoms with van der Waals surface area (Å²) < 4.78 is 0. The fourth-order valence-electron chi connectivity index (χ4n) is 4.06. The summed E-state index contributed by atoms with van der Waals surface area (Å²) in [6, 6.07) is 0. The number of fused-ring (bicyclic) bond motifs is 6. The Labute approximate surface area is 75.0 Å². The third-order valence-corrected chi connectivity index (χ3v) is 4.63. The normalized spacial score (nSPS) is 51.2. The molecule has 66 valence electrons. The largest absolute Gasteiger partial charge is 0.0993 e. The van der Waals surface area contributed by atoms with E-state index in [1.54, 1.807) is 12.0 Å². The molecular formula is C12H18. The highest BCUT2D eigenvalue weighted by Crippen LogP contribution is 2.56. The van der Waals surface area contributed by atoms with Crippen molar-refractivity contribution in [3.8, 4) is 0 Å². The van der Waals surface area contributed by atoms with Crippen LogP contribution in [0.3, 0.4) is 0 Å². The minimum atomic E-state index is 0.947. The summed E-state index contributed by atoms with van der Waals surface area (Å²) in [4.78, 5) is 0. The lowest BCUT2D eigenvalue weighted by Crippen LogP contribution is -2.31. The zero-order valence-corrected chi connectivity index (χ0v) is 7.76. The predicted molar refractivity (Wildman–Crippen MR) is 50.8 cm³/mol. The minimum absolute atomic E-state index is 0.947. The first kappa shape index (κ1) is 7.17. The Bertz CT molecular complexity index is 196. The van der Waals surface area contributed by atoms with Gasteiger partial charge < -0.3 is 0 Å². The van der Waals surface area contributed by atoms with Gasteiger partial charge in [-0.15, -0.1) is 0 Å². The van der Waals surface area contributed by atoms with Gasteiger partial charge >= 0.3 is 0 Å². The second kappa shape index (κ2) is 2.37. The van der Waals surface area contributed by atoms with Crippen LogP contribution in [-0.4, -0.2) is 0 Å². The molecule has 3 saturated carbocycles. The van der Waals surface area contributed by atoms with Crippen LogP contribution < -0.4 is 0 Å². The van der Waals surface area contributed by atoms with Crippen molar-refractivity contribution >= 4 is 0 Å². The van der Waals surface area contributed by atoms with E-state index in [1.165, 1.54) is 32.1 Å². The summed E-state index contributed by atoms with van der Waals surface area (Å²) in [5.74, 6) is 4.00. The van der Waals surface area contributed by atoms with Crippen molar-refractivity contribution < 1.29 is 0 Å². The van der Waals surface area contributed by atoms with E-state index in [-0.39, 0.29) is 0 Å². The molecule has 0 amide bonds. The molecule has 3 aliphatic rings. The summed E-state index contributed by atoms with van der Waals surface area (Å²) in [5.41, 5.74) is 1.65. The Morgan fingerprint density at radius 3 is 2.08 bits per heavy atom. The van der Waals surface area contributed by atoms with Crippen LogP contribution in [0.5, 0.6) is 0 Å². The third kappa shape index (κ3) is 0.787. The second-order valence-corrected chi connectivity index (χ2v) is 5.05. The molecule has 4 unspecified atom stereocenters. The van der Waals surface area contributed by atoms with Crippen molar-refractivity contribution in [2.24, 2.45) is 23.7 Å². The summed E-state index contributed by atoms with van der Waals surface area (Å²) in [6.07, 6.45) is 9.00. The van der Waals surface area contributed by atoms with Gasteiger partial charge in [-0.25, -0.2) is 0 Å². The second-order valence-electron chi connectivity index (χ2n) is 5.05. The Balaban J connectivity index is 1.97. The maximum atomic E-state index is 4.34. The van der Waals surface area contributed by atoms with E-state index in [4.69, 9.17) is 0 Å². The molecule has 0 heterocycles. The number of hydrogen-bond acceptors (Lipinski definition) is 0. The molecule has 0 N–H and O–H groups in total. The van der Waals surface area contributed by atoms with E-state index < -0.39 is 0 Å². The zero-order valence-electron chi connectivity index (χ0n) is 7.76. The SMILES string of the molecule is C=C1C2CCCC1C1CCC2C1. The van der Waals surface area contributed by atoms with Gasteiger partial charge in [-0.3, -0.25) is 0 Å². The van der Waals surface area contributed by atoms with E-state index in [0.717, 1.165) is 23.7 Å². The van der Waals surface area contributed by atoms with Crippen LogP contribution in [0.2, 0.25) is 0 Å². The zero-order chi connectivity index (χ0) is 8.13. The van der Waals surface area contributed by atoms with Crippen molar-refractivity contribution in [2.45, 2.75) is 38.5 Å². The highest BCUT2D eigenvalue weighted by Gasteiger charge is 2.45. The molecule has 0 aliphatic heterocycles. The van der Waals surface area contributed by atoms with Crippen LogP contribution >= 0.6 is 0 Å². The molecular weight excluding hydrogens is 144 g/mol. The van der Waals surface area contributed by atoms with Gasteiger partial charge in [-0.1, -0.05) is 18.6 Å². The first-order chi connectivity index (χ1) is 5.86. The molecule has 0 aromatic heterocycles. The lowest BCUT2D eigenvalue weighted by Gasteiger charge is -2.42. The van der Waals surface area contributed by atoms with Crippen molar-refractivity contribution in [1.82, 2.24) is 0 Å². The van der Waals surface area contributed by atoms with E-state index in [1.807, 2.05) is 0 Å². The fourth-order valence-corrected chi connectivity index (χ4v) is 4.06. The van der Waals surface area contributed by atoms with Crippen LogP contribution in [0, 0.1) is 23.7 Å². The summed E-state index contributed by atoms with van der Waals surface area (Å²) in [7, 11) is 0. The lowest BCUT2D eigenvalue weighted by molar-refractivity contribution is 0.189. The molecule has 0 aromatic carbocycles. The van der Waals surface area contributed by atoms with Gasteiger partial charge in [0.25, 0.3) is 0 Å². The van der Waals surface area contributed by atoms with Crippen LogP contribution in [0.15, 0.2) is 12.2 Å². The quantitative estimate of drug-likeness (QED) is 0.479. The molecule has 0 aromatic rings. The number of allylic oxidation sites excluding steroid dienone is 1. The highest BCUT2D eigenvalue weighted by atomic mass is 14.5. The maximum Gasteiger partial charge on any atom is -0.0175 e. The van der Waals surface area contributed by atoms with Crippen LogP contribution in [-0.2, 0) is 0 Å². The summed E-state index contributed by atoms with van der Waals surface area (Å²) >= 11 is 0. The van der Waals surface area contributed by atoms with Gasteiger partial charge in [0.2, 0.25) is 0 Å². The smallest absolute Gasteiger partial charge is 0.0175 e. The van der Waals surface area contributed by atoms with Gasteiger partial charge in [0.15, 0.2) is 0 Å². The average Bonchev–Trinajstić information content (AvgIpc) is 2.47. The molecule has 3 aliphatic carbocycles. The van der Waals surface area contributed by atoms with Gasteiger partial charge in [-0.2, -0.15) is 0 Å². The Morgan fingerprint density at radius 1 is 0.917 bits per heavy atom. The maximum absolute atomic E-state index is 4.34. The van der Waals surface area contributed by atoms with Gasteiger partial charge in [0.05, 0.1) is 0 Å². The molecule has 0 radical (unpaired) electrons. The Hall–Kier alpha value is -0.260. The first-order valence-corrected chi connectivity index (χ1v) is 5.55. The van der Waals surface area contributed by atoms with Crippen molar-refractivity contribution in [3.63, 3.8) is 0 Å². The molecule has 0 spiro atoms. The van der Waals surface area contributed by atoms with Crippen LogP contribution in [0.4, 0.5) is 0 Å².